The Hall–Kier alpha value is 0.600. The fourth-order valence-corrected chi connectivity index (χ4v) is 1.52. The Morgan fingerprint density at radius 3 is 2.78 bits per heavy atom. The SMILES string of the molecule is COCC(C)SCCCl. The van der Waals surface area contributed by atoms with Crippen LogP contribution < -0.4 is 0 Å². The van der Waals surface area contributed by atoms with Gasteiger partial charge in [-0.05, 0) is 0 Å². The van der Waals surface area contributed by atoms with E-state index in [-0.39, 0.29) is 0 Å². The van der Waals surface area contributed by atoms with Gasteiger partial charge in [-0.1, -0.05) is 6.92 Å². The quantitative estimate of drug-likeness (QED) is 0.581. The number of ether oxygens (including phenoxy) is 1. The molecule has 0 aliphatic carbocycles. The van der Waals surface area contributed by atoms with Gasteiger partial charge in [0.15, 0.2) is 0 Å². The molecular formula is C6H13ClOS. The fourth-order valence-electron chi connectivity index (χ4n) is 0.529. The number of methoxy groups -OCH3 is 1. The lowest BCUT2D eigenvalue weighted by Crippen LogP contribution is -2.06. The van der Waals surface area contributed by atoms with Gasteiger partial charge in [-0.25, -0.2) is 0 Å². The Balaban J connectivity index is 2.95. The van der Waals surface area contributed by atoms with Crippen LogP contribution in [0.5, 0.6) is 0 Å². The molecule has 9 heavy (non-hydrogen) atoms. The third-order valence-corrected chi connectivity index (χ3v) is 2.44. The van der Waals surface area contributed by atoms with Gasteiger partial charge >= 0.3 is 0 Å². The highest BCUT2D eigenvalue weighted by molar-refractivity contribution is 7.99. The molecule has 56 valence electrons. The highest BCUT2D eigenvalue weighted by Gasteiger charge is 1.98. The lowest BCUT2D eigenvalue weighted by molar-refractivity contribution is 0.203. The lowest BCUT2D eigenvalue weighted by Gasteiger charge is -2.06. The van der Waals surface area contributed by atoms with Crippen LogP contribution in [0.25, 0.3) is 0 Å². The molecule has 0 fully saturated rings. The first kappa shape index (κ1) is 9.60. The maximum atomic E-state index is 5.48. The molecule has 0 bridgehead atoms. The summed E-state index contributed by atoms with van der Waals surface area (Å²) >= 11 is 7.33. The highest BCUT2D eigenvalue weighted by atomic mass is 35.5. The predicted molar refractivity (Wildman–Crippen MR) is 44.5 cm³/mol. The number of alkyl halides is 1. The van der Waals surface area contributed by atoms with Crippen LogP contribution in [0.4, 0.5) is 0 Å². The van der Waals surface area contributed by atoms with Crippen LogP contribution in [0.1, 0.15) is 6.92 Å². The Bertz CT molecular complexity index is 61.0. The van der Waals surface area contributed by atoms with Crippen LogP contribution >= 0.6 is 23.4 Å². The summed E-state index contributed by atoms with van der Waals surface area (Å²) in [6.07, 6.45) is 0. The number of thioether (sulfide) groups is 1. The Labute approximate surface area is 66.1 Å². The molecular weight excluding hydrogens is 156 g/mol. The molecule has 0 rings (SSSR count). The Morgan fingerprint density at radius 2 is 2.33 bits per heavy atom. The zero-order valence-electron chi connectivity index (χ0n) is 5.89. The van der Waals surface area contributed by atoms with Gasteiger partial charge in [-0.2, -0.15) is 11.8 Å². The first-order chi connectivity index (χ1) is 4.31. The summed E-state index contributed by atoms with van der Waals surface area (Å²) in [7, 11) is 1.72. The molecule has 0 aliphatic heterocycles. The number of halogens is 1. The molecule has 0 N–H and O–H groups in total. The first-order valence-electron chi connectivity index (χ1n) is 2.97. The summed E-state index contributed by atoms with van der Waals surface area (Å²) in [6.45, 7) is 2.96. The van der Waals surface area contributed by atoms with Crippen molar-refractivity contribution in [1.29, 1.82) is 0 Å². The van der Waals surface area contributed by atoms with E-state index in [1.54, 1.807) is 7.11 Å². The summed E-state index contributed by atoms with van der Waals surface area (Å²) < 4.78 is 4.94. The topological polar surface area (TPSA) is 9.23 Å². The van der Waals surface area contributed by atoms with E-state index in [0.717, 1.165) is 18.2 Å². The van der Waals surface area contributed by atoms with Crippen molar-refractivity contribution in [2.45, 2.75) is 12.2 Å². The monoisotopic (exact) mass is 168 g/mol. The average molecular weight is 169 g/mol. The van der Waals surface area contributed by atoms with Gasteiger partial charge in [0.1, 0.15) is 0 Å². The van der Waals surface area contributed by atoms with E-state index in [1.165, 1.54) is 0 Å². The van der Waals surface area contributed by atoms with E-state index < -0.39 is 0 Å². The summed E-state index contributed by atoms with van der Waals surface area (Å²) in [5, 5.41) is 0.578. The fraction of sp³-hybridized carbons (Fsp3) is 1.00. The number of rotatable bonds is 5. The van der Waals surface area contributed by atoms with Crippen molar-refractivity contribution >= 4 is 23.4 Å². The normalized spacial score (nSPS) is 13.7. The summed E-state index contributed by atoms with van der Waals surface area (Å²) in [4.78, 5) is 0. The lowest BCUT2D eigenvalue weighted by atomic mass is 10.5. The number of hydrogen-bond donors (Lipinski definition) is 0. The zero-order valence-corrected chi connectivity index (χ0v) is 7.47. The summed E-state index contributed by atoms with van der Waals surface area (Å²) in [5.74, 6) is 1.75. The van der Waals surface area contributed by atoms with Gasteiger partial charge < -0.3 is 4.74 Å². The molecule has 0 aromatic carbocycles. The predicted octanol–water partition coefficient (Wildman–Crippen LogP) is 1.99. The summed E-state index contributed by atoms with van der Waals surface area (Å²) in [5.41, 5.74) is 0. The third-order valence-electron chi connectivity index (χ3n) is 0.881. The molecule has 0 aromatic rings. The minimum atomic E-state index is 0.578. The van der Waals surface area contributed by atoms with Crippen LogP contribution in [-0.4, -0.2) is 30.6 Å². The minimum Gasteiger partial charge on any atom is -0.384 e. The van der Waals surface area contributed by atoms with E-state index in [2.05, 4.69) is 6.92 Å². The van der Waals surface area contributed by atoms with Crippen molar-refractivity contribution in [3.63, 3.8) is 0 Å². The molecule has 0 aliphatic rings. The van der Waals surface area contributed by atoms with E-state index in [9.17, 15) is 0 Å². The molecule has 0 saturated heterocycles. The van der Waals surface area contributed by atoms with Crippen molar-refractivity contribution in [2.24, 2.45) is 0 Å². The van der Waals surface area contributed by atoms with Crippen molar-refractivity contribution in [3.8, 4) is 0 Å². The van der Waals surface area contributed by atoms with Crippen molar-refractivity contribution in [1.82, 2.24) is 0 Å². The standard InChI is InChI=1S/C6H13ClOS/c1-6(5-8-2)9-4-3-7/h6H,3-5H2,1-2H3. The molecule has 1 unspecified atom stereocenters. The average Bonchev–Trinajstić information content (AvgIpc) is 1.85. The molecule has 0 amide bonds. The molecule has 3 heteroatoms. The summed E-state index contributed by atoms with van der Waals surface area (Å²) in [6, 6.07) is 0. The van der Waals surface area contributed by atoms with Crippen LogP contribution in [0.15, 0.2) is 0 Å². The first-order valence-corrected chi connectivity index (χ1v) is 4.56. The Morgan fingerprint density at radius 1 is 1.67 bits per heavy atom. The largest absolute Gasteiger partial charge is 0.384 e. The van der Waals surface area contributed by atoms with Crippen LogP contribution in [0.2, 0.25) is 0 Å². The molecule has 0 saturated carbocycles. The van der Waals surface area contributed by atoms with Crippen molar-refractivity contribution in [2.75, 3.05) is 25.3 Å². The molecule has 1 atom stereocenters. The minimum absolute atomic E-state index is 0.578. The number of hydrogen-bond acceptors (Lipinski definition) is 2. The third kappa shape index (κ3) is 6.49. The van der Waals surface area contributed by atoms with E-state index in [4.69, 9.17) is 16.3 Å². The van der Waals surface area contributed by atoms with Crippen LogP contribution in [-0.2, 0) is 4.74 Å². The smallest absolute Gasteiger partial charge is 0.0578 e. The van der Waals surface area contributed by atoms with Gasteiger partial charge in [0.25, 0.3) is 0 Å². The van der Waals surface area contributed by atoms with Gasteiger partial charge in [-0.3, -0.25) is 0 Å². The zero-order chi connectivity index (χ0) is 7.11. The second kappa shape index (κ2) is 6.72. The second-order valence-corrected chi connectivity index (χ2v) is 3.75. The molecule has 1 nitrogen and oxygen atoms in total. The van der Waals surface area contributed by atoms with Gasteiger partial charge in [0.05, 0.1) is 6.61 Å². The molecule has 0 heterocycles. The van der Waals surface area contributed by atoms with Gasteiger partial charge in [0.2, 0.25) is 0 Å². The van der Waals surface area contributed by atoms with Gasteiger partial charge in [-0.15, -0.1) is 11.6 Å². The second-order valence-electron chi connectivity index (χ2n) is 1.83. The maximum absolute atomic E-state index is 5.48. The van der Waals surface area contributed by atoms with Crippen LogP contribution in [0, 0.1) is 0 Å². The molecule has 0 aromatic heterocycles. The van der Waals surface area contributed by atoms with Crippen molar-refractivity contribution < 1.29 is 4.74 Å². The van der Waals surface area contributed by atoms with Gasteiger partial charge in [0, 0.05) is 24.0 Å². The van der Waals surface area contributed by atoms with E-state index >= 15 is 0 Å². The highest BCUT2D eigenvalue weighted by Crippen LogP contribution is 2.09. The van der Waals surface area contributed by atoms with Crippen LogP contribution in [0.3, 0.4) is 0 Å². The molecule has 0 radical (unpaired) electrons. The maximum Gasteiger partial charge on any atom is 0.0578 e. The Kier molecular flexibility index (Phi) is 7.16. The van der Waals surface area contributed by atoms with E-state index in [1.807, 2.05) is 11.8 Å². The molecule has 0 spiro atoms. The van der Waals surface area contributed by atoms with Crippen molar-refractivity contribution in [3.05, 3.63) is 0 Å². The van der Waals surface area contributed by atoms with E-state index in [0.29, 0.717) is 5.25 Å².